The lowest BCUT2D eigenvalue weighted by molar-refractivity contribution is -0.142. The fraction of sp³-hybridized carbons (Fsp3) is 0.462. The molecule has 0 amide bonds. The number of aryl methyl sites for hydroxylation is 2. The van der Waals surface area contributed by atoms with Crippen LogP contribution in [0.25, 0.3) is 0 Å². The van der Waals surface area contributed by atoms with Crippen LogP contribution >= 0.6 is 11.8 Å². The Kier molecular flexibility index (Phi) is 4.36. The summed E-state index contributed by atoms with van der Waals surface area (Å²) in [7, 11) is 1.35. The minimum Gasteiger partial charge on any atom is -0.468 e. The zero-order chi connectivity index (χ0) is 13.9. The summed E-state index contributed by atoms with van der Waals surface area (Å²) in [5.74, 6) is -0.336. The van der Waals surface area contributed by atoms with E-state index in [1.54, 1.807) is 13.8 Å². The van der Waals surface area contributed by atoms with E-state index in [1.165, 1.54) is 18.9 Å². The third-order valence-corrected chi connectivity index (χ3v) is 3.62. The lowest BCUT2D eigenvalue weighted by atomic mass is 10.1. The van der Waals surface area contributed by atoms with Crippen molar-refractivity contribution in [3.63, 3.8) is 0 Å². The van der Waals surface area contributed by atoms with Gasteiger partial charge in [0.1, 0.15) is 15.8 Å². The Morgan fingerprint density at radius 3 is 2.61 bits per heavy atom. The number of carbonyl (C=O) groups excluding carboxylic acids is 1. The summed E-state index contributed by atoms with van der Waals surface area (Å²) < 4.78 is 3.98. The molecule has 18 heavy (non-hydrogen) atoms. The highest BCUT2D eigenvalue weighted by molar-refractivity contribution is 8.01. The molecule has 1 aromatic rings. The van der Waals surface area contributed by atoms with E-state index in [2.05, 4.69) is 11.1 Å². The van der Waals surface area contributed by atoms with Crippen LogP contribution in [0.5, 0.6) is 0 Å². The Morgan fingerprint density at radius 1 is 1.50 bits per heavy atom. The first-order valence-electron chi connectivity index (χ1n) is 5.47. The lowest BCUT2D eigenvalue weighted by Crippen LogP contribution is -2.29. The molecule has 1 rings (SSSR count). The summed E-state index contributed by atoms with van der Waals surface area (Å²) in [5, 5.41) is 9.74. The maximum absolute atomic E-state index is 11.7. The van der Waals surface area contributed by atoms with Crippen molar-refractivity contribution in [1.29, 1.82) is 5.26 Å². The van der Waals surface area contributed by atoms with Crippen molar-refractivity contribution in [1.82, 2.24) is 4.98 Å². The van der Waals surface area contributed by atoms with E-state index in [-0.39, 0.29) is 5.97 Å². The van der Waals surface area contributed by atoms with E-state index < -0.39 is 4.75 Å². The van der Waals surface area contributed by atoms with Gasteiger partial charge in [-0.3, -0.25) is 4.79 Å². The van der Waals surface area contributed by atoms with Crippen LogP contribution in [-0.4, -0.2) is 22.8 Å². The Balaban J connectivity index is 3.20. The van der Waals surface area contributed by atoms with Crippen LogP contribution in [0, 0.1) is 25.2 Å². The summed E-state index contributed by atoms with van der Waals surface area (Å²) in [6.07, 6.45) is 0. The largest absolute Gasteiger partial charge is 0.468 e. The normalized spacial score (nSPS) is 10.9. The van der Waals surface area contributed by atoms with Crippen LogP contribution < -0.4 is 0 Å². The predicted octanol–water partition coefficient (Wildman–Crippen LogP) is 2.61. The van der Waals surface area contributed by atoms with E-state index in [1.807, 2.05) is 19.9 Å². The van der Waals surface area contributed by atoms with Gasteiger partial charge in [0.2, 0.25) is 0 Å². The van der Waals surface area contributed by atoms with Crippen LogP contribution in [-0.2, 0) is 9.53 Å². The summed E-state index contributed by atoms with van der Waals surface area (Å²) in [4.78, 5) is 16.0. The quantitative estimate of drug-likeness (QED) is 0.620. The summed E-state index contributed by atoms with van der Waals surface area (Å²) in [6.45, 7) is 7.24. The first-order valence-corrected chi connectivity index (χ1v) is 6.29. The summed E-state index contributed by atoms with van der Waals surface area (Å²) in [5.41, 5.74) is 2.21. The Labute approximate surface area is 111 Å². The van der Waals surface area contributed by atoms with E-state index >= 15 is 0 Å². The molecular weight excluding hydrogens is 248 g/mol. The SMILES string of the molecule is COC(=O)C(C)(C)Sc1nc(C)cc(C)c1C#N. The molecule has 0 aliphatic carbocycles. The van der Waals surface area contributed by atoms with Crippen molar-refractivity contribution in [3.8, 4) is 6.07 Å². The van der Waals surface area contributed by atoms with Gasteiger partial charge in [-0.2, -0.15) is 5.26 Å². The molecule has 0 spiro atoms. The van der Waals surface area contributed by atoms with E-state index in [9.17, 15) is 4.79 Å². The molecule has 5 heteroatoms. The standard InChI is InChI=1S/C13H16N2O2S/c1-8-6-9(2)15-11(10(8)7-14)18-13(3,4)12(16)17-5/h6H,1-5H3. The highest BCUT2D eigenvalue weighted by Gasteiger charge is 2.32. The maximum Gasteiger partial charge on any atom is 0.321 e. The number of aromatic nitrogens is 1. The van der Waals surface area contributed by atoms with Gasteiger partial charge < -0.3 is 4.74 Å². The van der Waals surface area contributed by atoms with Gasteiger partial charge >= 0.3 is 5.97 Å². The van der Waals surface area contributed by atoms with Gasteiger partial charge in [-0.25, -0.2) is 4.98 Å². The zero-order valence-corrected chi connectivity index (χ0v) is 12.0. The molecular formula is C13H16N2O2S. The molecule has 1 aromatic heterocycles. The number of rotatable bonds is 3. The average molecular weight is 264 g/mol. The van der Waals surface area contributed by atoms with Crippen molar-refractivity contribution in [3.05, 3.63) is 22.9 Å². The van der Waals surface area contributed by atoms with Gasteiger partial charge in [-0.1, -0.05) is 11.8 Å². The summed E-state index contributed by atoms with van der Waals surface area (Å²) >= 11 is 1.25. The van der Waals surface area contributed by atoms with Gasteiger partial charge in [-0.15, -0.1) is 0 Å². The molecule has 0 radical (unpaired) electrons. The molecule has 0 N–H and O–H groups in total. The van der Waals surface area contributed by atoms with Gasteiger partial charge in [0, 0.05) is 5.69 Å². The lowest BCUT2D eigenvalue weighted by Gasteiger charge is -2.21. The molecule has 0 saturated carbocycles. The molecule has 0 aliphatic rings. The molecule has 0 aromatic carbocycles. The number of nitriles is 1. The number of carbonyl (C=O) groups is 1. The smallest absolute Gasteiger partial charge is 0.321 e. The maximum atomic E-state index is 11.7. The molecule has 0 atom stereocenters. The van der Waals surface area contributed by atoms with Crippen LogP contribution in [0.3, 0.4) is 0 Å². The highest BCUT2D eigenvalue weighted by Crippen LogP contribution is 2.35. The minimum absolute atomic E-state index is 0.336. The van der Waals surface area contributed by atoms with Crippen LogP contribution in [0.2, 0.25) is 0 Å². The van der Waals surface area contributed by atoms with Crippen molar-refractivity contribution in [2.45, 2.75) is 37.5 Å². The number of nitrogens with zero attached hydrogens (tertiary/aromatic N) is 2. The first-order chi connectivity index (χ1) is 8.31. The second kappa shape index (κ2) is 5.40. The van der Waals surface area contributed by atoms with Gasteiger partial charge in [0.25, 0.3) is 0 Å². The van der Waals surface area contributed by atoms with E-state index in [4.69, 9.17) is 10.00 Å². The molecule has 0 bridgehead atoms. The molecule has 0 fully saturated rings. The van der Waals surface area contributed by atoms with Gasteiger partial charge in [0.05, 0.1) is 12.7 Å². The number of ether oxygens (including phenoxy) is 1. The van der Waals surface area contributed by atoms with Crippen molar-refractivity contribution >= 4 is 17.7 Å². The van der Waals surface area contributed by atoms with E-state index in [0.717, 1.165) is 11.3 Å². The molecule has 4 nitrogen and oxygen atoms in total. The Bertz CT molecular complexity index is 518. The molecule has 0 unspecified atom stereocenters. The van der Waals surface area contributed by atoms with E-state index in [0.29, 0.717) is 10.6 Å². The Morgan fingerprint density at radius 2 is 2.11 bits per heavy atom. The fourth-order valence-electron chi connectivity index (χ4n) is 1.54. The predicted molar refractivity (Wildman–Crippen MR) is 70.4 cm³/mol. The number of methoxy groups -OCH3 is 1. The molecule has 96 valence electrons. The third-order valence-electron chi connectivity index (χ3n) is 2.45. The average Bonchev–Trinajstić information content (AvgIpc) is 2.26. The van der Waals surface area contributed by atoms with Crippen molar-refractivity contribution < 1.29 is 9.53 Å². The van der Waals surface area contributed by atoms with Gasteiger partial charge in [-0.05, 0) is 39.3 Å². The monoisotopic (exact) mass is 264 g/mol. The van der Waals surface area contributed by atoms with Crippen LogP contribution in [0.1, 0.15) is 30.7 Å². The number of esters is 1. The number of hydrogen-bond acceptors (Lipinski definition) is 5. The third kappa shape index (κ3) is 3.02. The topological polar surface area (TPSA) is 63.0 Å². The van der Waals surface area contributed by atoms with Crippen molar-refractivity contribution in [2.24, 2.45) is 0 Å². The van der Waals surface area contributed by atoms with Crippen molar-refractivity contribution in [2.75, 3.05) is 7.11 Å². The fourth-order valence-corrected chi connectivity index (χ4v) is 2.69. The van der Waals surface area contributed by atoms with Gasteiger partial charge in [0.15, 0.2) is 0 Å². The minimum atomic E-state index is -0.770. The number of hydrogen-bond donors (Lipinski definition) is 0. The zero-order valence-electron chi connectivity index (χ0n) is 11.2. The summed E-state index contributed by atoms with van der Waals surface area (Å²) in [6, 6.07) is 3.99. The second-order valence-electron chi connectivity index (χ2n) is 4.48. The molecule has 1 heterocycles. The highest BCUT2D eigenvalue weighted by atomic mass is 32.2. The second-order valence-corrected chi connectivity index (χ2v) is 6.09. The number of thioether (sulfide) groups is 1. The molecule has 0 aliphatic heterocycles. The molecule has 0 saturated heterocycles. The first kappa shape index (κ1) is 14.5. The number of pyridine rings is 1. The Hall–Kier alpha value is -1.54. The van der Waals surface area contributed by atoms with Crippen LogP contribution in [0.15, 0.2) is 11.1 Å². The van der Waals surface area contributed by atoms with Crippen LogP contribution in [0.4, 0.5) is 0 Å².